The van der Waals surface area contributed by atoms with E-state index in [4.69, 9.17) is 0 Å². The summed E-state index contributed by atoms with van der Waals surface area (Å²) >= 11 is 0. The van der Waals surface area contributed by atoms with Crippen LogP contribution in [-0.2, 0) is 0 Å². The number of nitrogens with one attached hydrogen (secondary N) is 1. The van der Waals surface area contributed by atoms with Crippen molar-refractivity contribution < 1.29 is 4.79 Å². The van der Waals surface area contributed by atoms with Gasteiger partial charge in [-0.3, -0.25) is 9.48 Å². The lowest BCUT2D eigenvalue weighted by Crippen LogP contribution is -2.45. The van der Waals surface area contributed by atoms with Crippen LogP contribution in [0.2, 0.25) is 0 Å². The Bertz CT molecular complexity index is 622. The van der Waals surface area contributed by atoms with Gasteiger partial charge in [0.15, 0.2) is 0 Å². The molecule has 4 rings (SSSR count). The second-order valence-corrected chi connectivity index (χ2v) is 8.92. The standard InChI is InChI=1S/C21H35N5O.ClH/c1-17-6-11-24(12-7-17)15-18-4-3-10-25(16-18)21(27)20-8-13-26(23-20)19-5-2-9-22-14-19;/h8,13,17-19,22H,2-7,9-12,14-16H2,1H3;1H. The van der Waals surface area contributed by atoms with E-state index in [1.54, 1.807) is 0 Å². The summed E-state index contributed by atoms with van der Waals surface area (Å²) in [6, 6.07) is 2.29. The monoisotopic (exact) mass is 409 g/mol. The molecule has 3 fully saturated rings. The Morgan fingerprint density at radius 1 is 1.18 bits per heavy atom. The van der Waals surface area contributed by atoms with Crippen LogP contribution >= 0.6 is 12.4 Å². The van der Waals surface area contributed by atoms with Crippen LogP contribution in [0.5, 0.6) is 0 Å². The minimum absolute atomic E-state index is 0. The van der Waals surface area contributed by atoms with E-state index in [1.165, 1.54) is 38.8 Å². The van der Waals surface area contributed by atoms with Crippen LogP contribution < -0.4 is 5.32 Å². The van der Waals surface area contributed by atoms with Crippen molar-refractivity contribution in [1.29, 1.82) is 0 Å². The van der Waals surface area contributed by atoms with Gasteiger partial charge in [-0.1, -0.05) is 6.92 Å². The van der Waals surface area contributed by atoms with E-state index in [0.29, 0.717) is 17.7 Å². The van der Waals surface area contributed by atoms with Gasteiger partial charge in [0.05, 0.1) is 6.04 Å². The number of nitrogens with zero attached hydrogens (tertiary/aromatic N) is 4. The quantitative estimate of drug-likeness (QED) is 0.830. The van der Waals surface area contributed by atoms with Gasteiger partial charge in [0.1, 0.15) is 5.69 Å². The first-order valence-corrected chi connectivity index (χ1v) is 11.0. The maximum Gasteiger partial charge on any atom is 0.274 e. The minimum atomic E-state index is 0. The first kappa shape index (κ1) is 21.6. The number of halogens is 1. The molecule has 158 valence electrons. The Morgan fingerprint density at radius 2 is 2.00 bits per heavy atom. The van der Waals surface area contributed by atoms with Gasteiger partial charge in [-0.25, -0.2) is 0 Å². The molecule has 3 aliphatic rings. The van der Waals surface area contributed by atoms with Gasteiger partial charge in [-0.2, -0.15) is 5.10 Å². The first-order valence-electron chi connectivity index (χ1n) is 11.0. The number of carbonyl (C=O) groups excluding carboxylic acids is 1. The Labute approximate surface area is 175 Å². The van der Waals surface area contributed by atoms with Gasteiger partial charge in [0.2, 0.25) is 0 Å². The highest BCUT2D eigenvalue weighted by Crippen LogP contribution is 2.23. The van der Waals surface area contributed by atoms with Gasteiger partial charge < -0.3 is 15.1 Å². The highest BCUT2D eigenvalue weighted by molar-refractivity contribution is 5.92. The van der Waals surface area contributed by atoms with Crippen LogP contribution in [0.3, 0.4) is 0 Å². The SMILES string of the molecule is CC1CCN(CC2CCCN(C(=O)c3ccn(C4CCCNC4)n3)C2)CC1.Cl. The summed E-state index contributed by atoms with van der Waals surface area (Å²) in [5.41, 5.74) is 0.619. The van der Waals surface area contributed by atoms with Crippen LogP contribution in [0.1, 0.15) is 62.0 Å². The van der Waals surface area contributed by atoms with Gasteiger partial charge in [-0.05, 0) is 76.1 Å². The van der Waals surface area contributed by atoms with Crippen LogP contribution in [0.15, 0.2) is 12.3 Å². The average molecular weight is 410 g/mol. The maximum atomic E-state index is 13.0. The molecule has 1 amide bonds. The Balaban J connectivity index is 0.00000225. The van der Waals surface area contributed by atoms with E-state index in [1.807, 2.05) is 21.8 Å². The summed E-state index contributed by atoms with van der Waals surface area (Å²) in [5.74, 6) is 1.61. The lowest BCUT2D eigenvalue weighted by Gasteiger charge is -2.37. The Kier molecular flexibility index (Phi) is 7.77. The number of aromatic nitrogens is 2. The van der Waals surface area contributed by atoms with Crippen molar-refractivity contribution >= 4 is 18.3 Å². The van der Waals surface area contributed by atoms with E-state index in [9.17, 15) is 4.79 Å². The molecule has 1 aromatic heterocycles. The number of rotatable bonds is 4. The fraction of sp³-hybridized carbons (Fsp3) is 0.810. The zero-order valence-electron chi connectivity index (χ0n) is 17.2. The molecule has 2 unspecified atom stereocenters. The molecule has 7 heteroatoms. The van der Waals surface area contributed by atoms with Crippen LogP contribution in [0.4, 0.5) is 0 Å². The third-order valence-corrected chi connectivity index (χ3v) is 6.67. The second kappa shape index (κ2) is 10.1. The molecule has 0 radical (unpaired) electrons. The highest BCUT2D eigenvalue weighted by atomic mass is 35.5. The van der Waals surface area contributed by atoms with Crippen molar-refractivity contribution in [3.05, 3.63) is 18.0 Å². The maximum absolute atomic E-state index is 13.0. The molecule has 0 saturated carbocycles. The van der Waals surface area contributed by atoms with Crippen LogP contribution in [0, 0.1) is 11.8 Å². The van der Waals surface area contributed by atoms with Gasteiger partial charge in [-0.15, -0.1) is 12.4 Å². The van der Waals surface area contributed by atoms with Crippen molar-refractivity contribution in [3.8, 4) is 0 Å². The molecule has 6 nitrogen and oxygen atoms in total. The second-order valence-electron chi connectivity index (χ2n) is 8.92. The summed E-state index contributed by atoms with van der Waals surface area (Å²) in [7, 11) is 0. The fourth-order valence-corrected chi connectivity index (χ4v) is 4.89. The van der Waals surface area contributed by atoms with E-state index in [0.717, 1.165) is 51.5 Å². The van der Waals surface area contributed by atoms with Crippen molar-refractivity contribution in [2.75, 3.05) is 45.8 Å². The topological polar surface area (TPSA) is 53.4 Å². The first-order chi connectivity index (χ1) is 13.2. The predicted molar refractivity (Wildman–Crippen MR) is 114 cm³/mol. The van der Waals surface area contributed by atoms with E-state index >= 15 is 0 Å². The molecular formula is C21H36ClN5O. The molecular weight excluding hydrogens is 374 g/mol. The number of amides is 1. The predicted octanol–water partition coefficient (Wildman–Crippen LogP) is 2.81. The lowest BCUT2D eigenvalue weighted by molar-refractivity contribution is 0.0615. The van der Waals surface area contributed by atoms with Crippen molar-refractivity contribution in [2.24, 2.45) is 11.8 Å². The van der Waals surface area contributed by atoms with E-state index in [-0.39, 0.29) is 18.3 Å². The molecule has 28 heavy (non-hydrogen) atoms. The molecule has 4 heterocycles. The smallest absolute Gasteiger partial charge is 0.274 e. The van der Waals surface area contributed by atoms with Gasteiger partial charge >= 0.3 is 0 Å². The summed E-state index contributed by atoms with van der Waals surface area (Å²) < 4.78 is 2.00. The number of likely N-dealkylation sites (tertiary alicyclic amines) is 2. The summed E-state index contributed by atoms with van der Waals surface area (Å²) in [5, 5.41) is 8.05. The molecule has 0 aromatic carbocycles. The highest BCUT2D eigenvalue weighted by Gasteiger charge is 2.28. The van der Waals surface area contributed by atoms with Crippen LogP contribution in [-0.4, -0.2) is 71.3 Å². The molecule has 2 atom stereocenters. The zero-order valence-corrected chi connectivity index (χ0v) is 18.0. The molecule has 3 aliphatic heterocycles. The van der Waals surface area contributed by atoms with Crippen molar-refractivity contribution in [1.82, 2.24) is 24.9 Å². The normalized spacial score (nSPS) is 27.4. The third kappa shape index (κ3) is 5.28. The molecule has 0 spiro atoms. The van der Waals surface area contributed by atoms with E-state index < -0.39 is 0 Å². The number of hydrogen-bond donors (Lipinski definition) is 1. The number of piperidine rings is 3. The summed E-state index contributed by atoms with van der Waals surface area (Å²) in [6.07, 6.45) is 9.32. The molecule has 3 saturated heterocycles. The third-order valence-electron chi connectivity index (χ3n) is 6.67. The Morgan fingerprint density at radius 3 is 2.75 bits per heavy atom. The molecule has 0 bridgehead atoms. The molecule has 1 aromatic rings. The number of hydrogen-bond acceptors (Lipinski definition) is 4. The molecule has 0 aliphatic carbocycles. The zero-order chi connectivity index (χ0) is 18.6. The number of carbonyl (C=O) groups is 1. The fourth-order valence-electron chi connectivity index (χ4n) is 4.89. The average Bonchev–Trinajstić information content (AvgIpc) is 3.20. The van der Waals surface area contributed by atoms with Crippen molar-refractivity contribution in [3.63, 3.8) is 0 Å². The largest absolute Gasteiger partial charge is 0.337 e. The van der Waals surface area contributed by atoms with Gasteiger partial charge in [0, 0.05) is 32.4 Å². The van der Waals surface area contributed by atoms with Crippen LogP contribution in [0.25, 0.3) is 0 Å². The van der Waals surface area contributed by atoms with Crippen molar-refractivity contribution in [2.45, 2.75) is 51.5 Å². The summed E-state index contributed by atoms with van der Waals surface area (Å²) in [4.78, 5) is 17.7. The van der Waals surface area contributed by atoms with E-state index in [2.05, 4.69) is 22.2 Å². The minimum Gasteiger partial charge on any atom is -0.337 e. The van der Waals surface area contributed by atoms with Gasteiger partial charge in [0.25, 0.3) is 5.91 Å². The summed E-state index contributed by atoms with van der Waals surface area (Å²) in [6.45, 7) is 9.79. The lowest BCUT2D eigenvalue weighted by atomic mass is 9.94. The Hall–Kier alpha value is -1.11. The molecule has 1 N–H and O–H groups in total.